The highest BCUT2D eigenvalue weighted by atomic mass is 16.4. The molecule has 182 valence electrons. The van der Waals surface area contributed by atoms with E-state index in [0.717, 1.165) is 43.7 Å². The number of carbonyl (C=O) groups is 2. The summed E-state index contributed by atoms with van der Waals surface area (Å²) in [4.78, 5) is 40.0. The summed E-state index contributed by atoms with van der Waals surface area (Å²) in [7, 11) is 0. The minimum Gasteiger partial charge on any atom is -0.477 e. The minimum atomic E-state index is -1.04. The van der Waals surface area contributed by atoms with E-state index < -0.39 is 5.97 Å². The van der Waals surface area contributed by atoms with E-state index >= 15 is 0 Å². The fourth-order valence-corrected chi connectivity index (χ4v) is 5.73. The molecule has 10 nitrogen and oxygen atoms in total. The number of anilines is 2. The van der Waals surface area contributed by atoms with Crippen LogP contribution in [0.3, 0.4) is 0 Å². The molecule has 3 fully saturated rings. The molecule has 0 aromatic carbocycles. The molecule has 0 aliphatic carbocycles. The molecule has 35 heavy (non-hydrogen) atoms. The van der Waals surface area contributed by atoms with Gasteiger partial charge in [-0.15, -0.1) is 5.10 Å². The van der Waals surface area contributed by atoms with Gasteiger partial charge in [-0.3, -0.25) is 4.79 Å². The van der Waals surface area contributed by atoms with Crippen LogP contribution < -0.4 is 9.80 Å². The number of fused-ring (bicyclic) bond motifs is 2. The maximum atomic E-state index is 13.4. The average molecular weight is 476 g/mol. The van der Waals surface area contributed by atoms with Gasteiger partial charge in [0, 0.05) is 26.2 Å². The standard InChI is InChI=1S/C25H29N7O3/c1-15-8-10-29(12-15)17-11-16(2)23-27-22(28-32(23)13-17)24(33)31-14-20-19(31)6-4-9-30(20)21-7-3-5-18(26-21)25(34)35/h3,5,7,11,13,15,19-20H,4,6,8-10,12,14H2,1-2H3,(H,34,35). The Labute approximate surface area is 203 Å². The second-order valence-electron chi connectivity index (χ2n) is 10.0. The molecule has 3 aromatic heterocycles. The highest BCUT2D eigenvalue weighted by molar-refractivity contribution is 5.92. The zero-order valence-electron chi connectivity index (χ0n) is 20.0. The molecule has 3 aliphatic rings. The van der Waals surface area contributed by atoms with Crippen molar-refractivity contribution in [2.75, 3.05) is 36.0 Å². The SMILES string of the molecule is Cc1cc(N2CCC(C)C2)cn2nc(C(=O)N3CC4C3CCCN4c3cccc(C(=O)O)n3)nc12. The highest BCUT2D eigenvalue weighted by Crippen LogP contribution is 2.35. The first-order valence-electron chi connectivity index (χ1n) is 12.3. The van der Waals surface area contributed by atoms with Crippen molar-refractivity contribution in [1.29, 1.82) is 0 Å². The van der Waals surface area contributed by atoms with Crippen molar-refractivity contribution < 1.29 is 14.7 Å². The Morgan fingerprint density at radius 2 is 1.94 bits per heavy atom. The largest absolute Gasteiger partial charge is 0.477 e. The third-order valence-corrected chi connectivity index (χ3v) is 7.62. The van der Waals surface area contributed by atoms with E-state index in [1.54, 1.807) is 10.6 Å². The van der Waals surface area contributed by atoms with Crippen molar-refractivity contribution >= 4 is 29.0 Å². The number of hydrogen-bond acceptors (Lipinski definition) is 7. The Balaban J connectivity index is 1.22. The molecule has 0 spiro atoms. The van der Waals surface area contributed by atoms with Crippen molar-refractivity contribution in [2.45, 2.75) is 45.2 Å². The summed E-state index contributed by atoms with van der Waals surface area (Å²) in [5.41, 5.74) is 2.86. The zero-order valence-corrected chi connectivity index (χ0v) is 20.0. The van der Waals surface area contributed by atoms with E-state index in [0.29, 0.717) is 23.9 Å². The number of amides is 1. The van der Waals surface area contributed by atoms with Crippen LogP contribution in [-0.4, -0.2) is 79.7 Å². The van der Waals surface area contributed by atoms with Gasteiger partial charge in [-0.1, -0.05) is 13.0 Å². The molecule has 0 radical (unpaired) electrons. The van der Waals surface area contributed by atoms with Crippen LogP contribution >= 0.6 is 0 Å². The molecule has 0 bridgehead atoms. The first kappa shape index (κ1) is 21.8. The van der Waals surface area contributed by atoms with Crippen LogP contribution in [0.25, 0.3) is 5.65 Å². The van der Waals surface area contributed by atoms with Crippen molar-refractivity contribution in [3.63, 3.8) is 0 Å². The van der Waals surface area contributed by atoms with Crippen LogP contribution in [0.15, 0.2) is 30.5 Å². The fourth-order valence-electron chi connectivity index (χ4n) is 5.73. The Morgan fingerprint density at radius 1 is 1.09 bits per heavy atom. The summed E-state index contributed by atoms with van der Waals surface area (Å²) in [6.07, 6.45) is 4.96. The number of hydrogen-bond donors (Lipinski definition) is 1. The van der Waals surface area contributed by atoms with Crippen molar-refractivity contribution in [1.82, 2.24) is 24.5 Å². The van der Waals surface area contributed by atoms with Crippen molar-refractivity contribution in [3.05, 3.63) is 47.5 Å². The second kappa shape index (κ2) is 8.21. The van der Waals surface area contributed by atoms with Crippen LogP contribution in [0, 0.1) is 12.8 Å². The fraction of sp³-hybridized carbons (Fsp3) is 0.480. The molecule has 6 heterocycles. The van der Waals surface area contributed by atoms with Crippen molar-refractivity contribution in [2.24, 2.45) is 5.92 Å². The maximum absolute atomic E-state index is 13.4. The monoisotopic (exact) mass is 475 g/mol. The number of aromatic carboxylic acids is 1. The number of carboxylic acid groups (broad SMARTS) is 1. The highest BCUT2D eigenvalue weighted by Gasteiger charge is 2.48. The molecule has 3 saturated heterocycles. The maximum Gasteiger partial charge on any atom is 0.354 e. The lowest BCUT2D eigenvalue weighted by Gasteiger charge is -2.55. The summed E-state index contributed by atoms with van der Waals surface area (Å²) in [6, 6.07) is 7.35. The van der Waals surface area contributed by atoms with Gasteiger partial charge in [0.05, 0.1) is 24.0 Å². The Kier molecular flexibility index (Phi) is 5.12. The molecule has 1 amide bonds. The molecular weight excluding hydrogens is 446 g/mol. The number of piperidine rings is 1. The summed E-state index contributed by atoms with van der Waals surface area (Å²) in [5.74, 6) is 0.356. The van der Waals surface area contributed by atoms with Gasteiger partial charge in [0.2, 0.25) is 5.82 Å². The van der Waals surface area contributed by atoms with E-state index in [1.807, 2.05) is 24.1 Å². The van der Waals surface area contributed by atoms with E-state index in [4.69, 9.17) is 0 Å². The van der Waals surface area contributed by atoms with Crippen LogP contribution in [-0.2, 0) is 0 Å². The van der Waals surface area contributed by atoms with E-state index in [1.165, 1.54) is 12.5 Å². The number of carboxylic acids is 1. The lowest BCUT2D eigenvalue weighted by atomic mass is 9.86. The smallest absolute Gasteiger partial charge is 0.354 e. The summed E-state index contributed by atoms with van der Waals surface area (Å²) in [5, 5.41) is 13.9. The van der Waals surface area contributed by atoms with Crippen LogP contribution in [0.5, 0.6) is 0 Å². The van der Waals surface area contributed by atoms with Crippen LogP contribution in [0.2, 0.25) is 0 Å². The molecular formula is C25H29N7O3. The van der Waals surface area contributed by atoms with Gasteiger partial charge in [-0.05, 0) is 55.9 Å². The van der Waals surface area contributed by atoms with Crippen LogP contribution in [0.4, 0.5) is 11.5 Å². The third-order valence-electron chi connectivity index (χ3n) is 7.62. The normalized spacial score (nSPS) is 23.9. The number of nitrogens with zero attached hydrogens (tertiary/aromatic N) is 7. The van der Waals surface area contributed by atoms with E-state index in [2.05, 4.69) is 37.9 Å². The summed E-state index contributed by atoms with van der Waals surface area (Å²) < 4.78 is 1.74. The minimum absolute atomic E-state index is 0.0314. The first-order chi connectivity index (χ1) is 16.9. The number of aromatic nitrogens is 4. The van der Waals surface area contributed by atoms with E-state index in [9.17, 15) is 14.7 Å². The molecule has 3 atom stereocenters. The third kappa shape index (κ3) is 3.67. The average Bonchev–Trinajstić information content (AvgIpc) is 3.46. The van der Waals surface area contributed by atoms with Gasteiger partial charge in [-0.25, -0.2) is 19.3 Å². The molecule has 1 N–H and O–H groups in total. The molecule has 10 heteroatoms. The van der Waals surface area contributed by atoms with Gasteiger partial charge in [0.15, 0.2) is 11.3 Å². The Bertz CT molecular complexity index is 1320. The van der Waals surface area contributed by atoms with Gasteiger partial charge < -0.3 is 19.8 Å². The number of pyridine rings is 2. The lowest BCUT2D eigenvalue weighted by molar-refractivity contribution is 0.0252. The summed E-state index contributed by atoms with van der Waals surface area (Å²) >= 11 is 0. The molecule has 6 rings (SSSR count). The quantitative estimate of drug-likeness (QED) is 0.613. The number of likely N-dealkylation sites (tertiary alicyclic amines) is 1. The topological polar surface area (TPSA) is 107 Å². The predicted molar refractivity (Wildman–Crippen MR) is 130 cm³/mol. The number of carbonyl (C=O) groups excluding carboxylic acids is 1. The molecule has 3 aliphatic heterocycles. The van der Waals surface area contributed by atoms with Gasteiger partial charge in [0.25, 0.3) is 5.91 Å². The number of aryl methyl sites for hydroxylation is 1. The van der Waals surface area contributed by atoms with Gasteiger partial charge >= 0.3 is 5.97 Å². The Hall–Kier alpha value is -3.69. The lowest BCUT2D eigenvalue weighted by Crippen LogP contribution is -2.70. The first-order valence-corrected chi connectivity index (χ1v) is 12.3. The molecule has 0 saturated carbocycles. The van der Waals surface area contributed by atoms with Gasteiger partial charge in [-0.2, -0.15) is 0 Å². The van der Waals surface area contributed by atoms with Gasteiger partial charge in [0.1, 0.15) is 5.82 Å². The molecule has 3 aromatic rings. The van der Waals surface area contributed by atoms with Crippen LogP contribution in [0.1, 0.15) is 52.9 Å². The van der Waals surface area contributed by atoms with E-state index in [-0.39, 0.29) is 29.5 Å². The predicted octanol–water partition coefficient (Wildman–Crippen LogP) is 2.47. The number of rotatable bonds is 4. The molecule has 3 unspecified atom stereocenters. The second-order valence-corrected chi connectivity index (χ2v) is 10.0. The zero-order chi connectivity index (χ0) is 24.3. The Morgan fingerprint density at radius 3 is 2.71 bits per heavy atom. The van der Waals surface area contributed by atoms with Crippen molar-refractivity contribution in [3.8, 4) is 0 Å². The summed E-state index contributed by atoms with van der Waals surface area (Å²) in [6.45, 7) is 7.69.